The van der Waals surface area contributed by atoms with Crippen molar-refractivity contribution in [1.82, 2.24) is 0 Å². The van der Waals surface area contributed by atoms with Crippen LogP contribution in [0.2, 0.25) is 0 Å². The molecule has 0 aliphatic rings. The van der Waals surface area contributed by atoms with Crippen LogP contribution in [0.5, 0.6) is 0 Å². The number of amides is 1. The Bertz CT molecular complexity index is 382. The molecule has 1 aromatic rings. The molecule has 1 aromatic carbocycles. The van der Waals surface area contributed by atoms with Crippen LogP contribution in [0.25, 0.3) is 0 Å². The molecule has 1 unspecified atom stereocenters. The first-order valence-corrected chi connectivity index (χ1v) is 7.46. The lowest BCUT2D eigenvalue weighted by molar-refractivity contribution is -0.115. The van der Waals surface area contributed by atoms with Gasteiger partial charge in [0.25, 0.3) is 0 Å². The van der Waals surface area contributed by atoms with Crippen molar-refractivity contribution in [3.63, 3.8) is 0 Å². The van der Waals surface area contributed by atoms with Crippen LogP contribution in [0, 0.1) is 0 Å². The molecule has 0 aliphatic carbocycles. The number of rotatable bonds is 7. The lowest BCUT2D eigenvalue weighted by Gasteiger charge is -2.12. The molecule has 0 aromatic heterocycles. The predicted molar refractivity (Wildman–Crippen MR) is 80.9 cm³/mol. The highest BCUT2D eigenvalue weighted by Crippen LogP contribution is 2.17. The van der Waals surface area contributed by atoms with Gasteiger partial charge in [-0.2, -0.15) is 0 Å². The number of nitrogens with one attached hydrogen (secondary N) is 1. The molecular formula is C14H22N2OS. The van der Waals surface area contributed by atoms with Crippen LogP contribution in [-0.2, 0) is 4.79 Å². The zero-order valence-electron chi connectivity index (χ0n) is 11.1. The average Bonchev–Trinajstić information content (AvgIpc) is 2.34. The van der Waals surface area contributed by atoms with Crippen molar-refractivity contribution in [2.75, 3.05) is 16.8 Å². The van der Waals surface area contributed by atoms with E-state index in [1.807, 2.05) is 19.1 Å². The van der Waals surface area contributed by atoms with E-state index in [0.717, 1.165) is 11.4 Å². The summed E-state index contributed by atoms with van der Waals surface area (Å²) in [5, 5.41) is 2.86. The van der Waals surface area contributed by atoms with Crippen molar-refractivity contribution in [3.05, 3.63) is 24.3 Å². The zero-order valence-corrected chi connectivity index (χ0v) is 11.9. The lowest BCUT2D eigenvalue weighted by atomic mass is 10.3. The number of anilines is 2. The maximum atomic E-state index is 11.9. The maximum absolute atomic E-state index is 11.9. The lowest BCUT2D eigenvalue weighted by Crippen LogP contribution is -2.22. The van der Waals surface area contributed by atoms with Crippen molar-refractivity contribution in [2.45, 2.75) is 38.4 Å². The molecule has 1 atom stereocenters. The predicted octanol–water partition coefficient (Wildman–Crippen LogP) is 3.52. The Morgan fingerprint density at radius 1 is 1.44 bits per heavy atom. The van der Waals surface area contributed by atoms with Gasteiger partial charge in [-0.25, -0.2) is 0 Å². The van der Waals surface area contributed by atoms with E-state index < -0.39 is 0 Å². The van der Waals surface area contributed by atoms with Gasteiger partial charge in [-0.05, 0) is 37.3 Å². The molecular weight excluding hydrogens is 244 g/mol. The first-order chi connectivity index (χ1) is 8.63. The highest BCUT2D eigenvalue weighted by Gasteiger charge is 2.12. The molecule has 0 aliphatic heterocycles. The summed E-state index contributed by atoms with van der Waals surface area (Å²) in [4.78, 5) is 11.9. The summed E-state index contributed by atoms with van der Waals surface area (Å²) >= 11 is 1.70. The van der Waals surface area contributed by atoms with E-state index in [1.165, 1.54) is 19.3 Å². The van der Waals surface area contributed by atoms with Gasteiger partial charge in [0.2, 0.25) is 5.91 Å². The summed E-state index contributed by atoms with van der Waals surface area (Å²) in [6.07, 6.45) is 3.62. The van der Waals surface area contributed by atoms with Crippen molar-refractivity contribution >= 4 is 29.0 Å². The number of hydrogen-bond acceptors (Lipinski definition) is 3. The largest absolute Gasteiger partial charge is 0.399 e. The number of unbranched alkanes of at least 4 members (excludes halogenated alkanes) is 2. The van der Waals surface area contributed by atoms with Gasteiger partial charge in [-0.15, -0.1) is 11.8 Å². The minimum atomic E-state index is -0.0247. The van der Waals surface area contributed by atoms with Crippen LogP contribution in [0.15, 0.2) is 24.3 Å². The fraction of sp³-hybridized carbons (Fsp3) is 0.500. The second kappa shape index (κ2) is 8.03. The summed E-state index contributed by atoms with van der Waals surface area (Å²) in [6.45, 7) is 4.12. The Labute approximate surface area is 114 Å². The minimum absolute atomic E-state index is 0.0247. The third-order valence-electron chi connectivity index (χ3n) is 2.64. The number of hydrogen-bond donors (Lipinski definition) is 2. The van der Waals surface area contributed by atoms with Gasteiger partial charge in [0.15, 0.2) is 0 Å². The number of nitrogens with two attached hydrogens (primary N) is 1. The Balaban J connectivity index is 2.35. The van der Waals surface area contributed by atoms with Crippen molar-refractivity contribution in [3.8, 4) is 0 Å². The van der Waals surface area contributed by atoms with Gasteiger partial charge in [0.1, 0.15) is 0 Å². The van der Waals surface area contributed by atoms with E-state index in [2.05, 4.69) is 12.2 Å². The second-order valence-corrected chi connectivity index (χ2v) is 5.78. The number of benzene rings is 1. The van der Waals surface area contributed by atoms with Crippen LogP contribution in [0.1, 0.15) is 33.1 Å². The van der Waals surface area contributed by atoms with Gasteiger partial charge in [-0.3, -0.25) is 4.79 Å². The number of carbonyl (C=O) groups is 1. The molecule has 0 saturated heterocycles. The second-order valence-electron chi connectivity index (χ2n) is 4.33. The van der Waals surface area contributed by atoms with Crippen LogP contribution in [0.4, 0.5) is 11.4 Å². The van der Waals surface area contributed by atoms with Crippen LogP contribution in [0.3, 0.4) is 0 Å². The van der Waals surface area contributed by atoms with Gasteiger partial charge in [-0.1, -0.05) is 25.8 Å². The smallest absolute Gasteiger partial charge is 0.237 e. The van der Waals surface area contributed by atoms with E-state index in [4.69, 9.17) is 5.73 Å². The third kappa shape index (κ3) is 5.45. The fourth-order valence-electron chi connectivity index (χ4n) is 1.55. The molecule has 3 N–H and O–H groups in total. The van der Waals surface area contributed by atoms with E-state index in [-0.39, 0.29) is 11.2 Å². The Kier molecular flexibility index (Phi) is 6.65. The highest BCUT2D eigenvalue weighted by atomic mass is 32.2. The quantitative estimate of drug-likeness (QED) is 0.586. The van der Waals surface area contributed by atoms with Crippen LogP contribution in [-0.4, -0.2) is 16.9 Å². The fourth-order valence-corrected chi connectivity index (χ4v) is 2.48. The van der Waals surface area contributed by atoms with E-state index in [9.17, 15) is 4.79 Å². The standard InChI is InChI=1S/C14H22N2OS/c1-3-4-5-9-18-11(2)14(17)16-13-8-6-7-12(15)10-13/h6-8,10-11H,3-5,9,15H2,1-2H3,(H,16,17). The number of thioether (sulfide) groups is 1. The molecule has 3 nitrogen and oxygen atoms in total. The van der Waals surface area contributed by atoms with Crippen molar-refractivity contribution in [1.29, 1.82) is 0 Å². The van der Waals surface area contributed by atoms with Crippen molar-refractivity contribution in [2.24, 2.45) is 0 Å². The van der Waals surface area contributed by atoms with E-state index >= 15 is 0 Å². The summed E-state index contributed by atoms with van der Waals surface area (Å²) in [7, 11) is 0. The van der Waals surface area contributed by atoms with Gasteiger partial charge in [0.05, 0.1) is 5.25 Å². The van der Waals surface area contributed by atoms with E-state index in [1.54, 1.807) is 23.9 Å². The summed E-state index contributed by atoms with van der Waals surface area (Å²) in [5.74, 6) is 1.08. The molecule has 0 fully saturated rings. The maximum Gasteiger partial charge on any atom is 0.237 e. The summed E-state index contributed by atoms with van der Waals surface area (Å²) in [5.41, 5.74) is 7.10. The van der Waals surface area contributed by atoms with Gasteiger partial charge < -0.3 is 11.1 Å². The molecule has 100 valence electrons. The number of nitrogen functional groups attached to an aromatic ring is 1. The van der Waals surface area contributed by atoms with Gasteiger partial charge >= 0.3 is 0 Å². The molecule has 0 spiro atoms. The molecule has 1 rings (SSSR count). The summed E-state index contributed by atoms with van der Waals surface area (Å²) < 4.78 is 0. The highest BCUT2D eigenvalue weighted by molar-refractivity contribution is 8.00. The molecule has 0 bridgehead atoms. The van der Waals surface area contributed by atoms with Crippen LogP contribution < -0.4 is 11.1 Å². The first-order valence-electron chi connectivity index (χ1n) is 6.41. The third-order valence-corrected chi connectivity index (χ3v) is 3.88. The van der Waals surface area contributed by atoms with E-state index in [0.29, 0.717) is 5.69 Å². The first kappa shape index (κ1) is 14.9. The monoisotopic (exact) mass is 266 g/mol. The minimum Gasteiger partial charge on any atom is -0.399 e. The van der Waals surface area contributed by atoms with Gasteiger partial charge in [0, 0.05) is 11.4 Å². The average molecular weight is 266 g/mol. The SMILES string of the molecule is CCCCCSC(C)C(=O)Nc1cccc(N)c1. The molecule has 4 heteroatoms. The van der Waals surface area contributed by atoms with Crippen LogP contribution >= 0.6 is 11.8 Å². The Morgan fingerprint density at radius 2 is 2.22 bits per heavy atom. The topological polar surface area (TPSA) is 55.1 Å². The molecule has 0 saturated carbocycles. The molecule has 1 amide bonds. The normalized spacial score (nSPS) is 12.1. The molecule has 0 radical (unpaired) electrons. The molecule has 0 heterocycles. The van der Waals surface area contributed by atoms with Crippen molar-refractivity contribution < 1.29 is 4.79 Å². The Morgan fingerprint density at radius 3 is 2.89 bits per heavy atom. The molecule has 18 heavy (non-hydrogen) atoms. The Hall–Kier alpha value is -1.16. The number of carbonyl (C=O) groups excluding carboxylic acids is 1. The summed E-state index contributed by atoms with van der Waals surface area (Å²) in [6, 6.07) is 7.26. The zero-order chi connectivity index (χ0) is 13.4.